The number of alkyl halides is 3. The van der Waals surface area contributed by atoms with Gasteiger partial charge in [-0.05, 0) is 30.2 Å². The topological polar surface area (TPSA) is 38.0 Å². The van der Waals surface area contributed by atoms with Crippen LogP contribution >= 0.6 is 0 Å². The second-order valence-corrected chi connectivity index (χ2v) is 3.97. The molecule has 1 heterocycles. The lowest BCUT2D eigenvalue weighted by Crippen LogP contribution is -2.12. The van der Waals surface area contributed by atoms with E-state index in [1.54, 1.807) is 6.92 Å². The summed E-state index contributed by atoms with van der Waals surface area (Å²) in [5.41, 5.74) is 0.134. The fourth-order valence-electron chi connectivity index (χ4n) is 1.65. The highest BCUT2D eigenvalue weighted by atomic mass is 19.4. The number of benzene rings is 1. The van der Waals surface area contributed by atoms with Gasteiger partial charge in [-0.25, -0.2) is 4.68 Å². The number of rotatable bonds is 2. The summed E-state index contributed by atoms with van der Waals surface area (Å²) < 4.78 is 40.0. The molecule has 1 N–H and O–H groups in total. The lowest BCUT2D eigenvalue weighted by atomic mass is 10.1. The van der Waals surface area contributed by atoms with Gasteiger partial charge in [-0.1, -0.05) is 6.07 Å². The number of aliphatic hydroxyl groups is 1. The molecule has 0 unspecified atom stereocenters. The number of hydrogen-bond donors (Lipinski definition) is 1. The number of aliphatic hydroxyl groups excluding tert-OH is 1. The van der Waals surface area contributed by atoms with E-state index in [1.807, 2.05) is 0 Å². The first kappa shape index (κ1) is 12.6. The first-order valence-electron chi connectivity index (χ1n) is 5.24. The molecule has 0 aliphatic rings. The smallest absolute Gasteiger partial charge is 0.392 e. The zero-order valence-corrected chi connectivity index (χ0v) is 9.57. The van der Waals surface area contributed by atoms with Crippen LogP contribution in [-0.4, -0.2) is 14.9 Å². The molecule has 0 atom stereocenters. The van der Waals surface area contributed by atoms with Crippen LogP contribution in [0.1, 0.15) is 16.7 Å². The van der Waals surface area contributed by atoms with Crippen LogP contribution in [0.4, 0.5) is 13.2 Å². The molecule has 3 nitrogen and oxygen atoms in total. The number of nitrogens with zero attached hydrogens (tertiary/aromatic N) is 2. The Hall–Kier alpha value is -1.82. The van der Waals surface area contributed by atoms with E-state index in [-0.39, 0.29) is 11.3 Å². The lowest BCUT2D eigenvalue weighted by Gasteiger charge is -2.13. The molecule has 0 amide bonds. The highest BCUT2D eigenvalue weighted by Gasteiger charge is 2.34. The molecule has 0 bridgehead atoms. The molecule has 0 saturated carbocycles. The molecule has 0 radical (unpaired) electrons. The van der Waals surface area contributed by atoms with Crippen LogP contribution in [0.2, 0.25) is 0 Å². The molecule has 0 aliphatic heterocycles. The van der Waals surface area contributed by atoms with Crippen LogP contribution < -0.4 is 0 Å². The van der Waals surface area contributed by atoms with Crippen molar-refractivity contribution in [3.05, 3.63) is 47.3 Å². The minimum absolute atomic E-state index is 0.0483. The molecule has 2 rings (SSSR count). The first-order chi connectivity index (χ1) is 8.41. The molecule has 1 aromatic carbocycles. The Bertz CT molecular complexity index is 561. The van der Waals surface area contributed by atoms with Crippen molar-refractivity contribution in [2.75, 3.05) is 0 Å². The van der Waals surface area contributed by atoms with Crippen molar-refractivity contribution < 1.29 is 18.3 Å². The maximum absolute atomic E-state index is 12.9. The van der Waals surface area contributed by atoms with E-state index in [0.29, 0.717) is 0 Å². The fraction of sp³-hybridized carbons (Fsp3) is 0.250. The van der Waals surface area contributed by atoms with Crippen molar-refractivity contribution in [3.8, 4) is 5.69 Å². The highest BCUT2D eigenvalue weighted by Crippen LogP contribution is 2.34. The Kier molecular flexibility index (Phi) is 3.13. The molecule has 18 heavy (non-hydrogen) atoms. The average Bonchev–Trinajstić information content (AvgIpc) is 2.74. The number of halogens is 3. The van der Waals surface area contributed by atoms with Crippen LogP contribution in [0.15, 0.2) is 30.6 Å². The van der Waals surface area contributed by atoms with E-state index in [4.69, 9.17) is 5.11 Å². The van der Waals surface area contributed by atoms with Gasteiger partial charge in [0.2, 0.25) is 0 Å². The zero-order chi connectivity index (χ0) is 13.3. The van der Waals surface area contributed by atoms with Crippen molar-refractivity contribution in [1.29, 1.82) is 0 Å². The number of aryl methyl sites for hydroxylation is 1. The molecular weight excluding hydrogens is 245 g/mol. The van der Waals surface area contributed by atoms with Crippen LogP contribution in [0.5, 0.6) is 0 Å². The SMILES string of the molecule is Cc1cnn(-c2ccc(CO)cc2C(F)(F)F)c1. The Morgan fingerprint density at radius 3 is 2.56 bits per heavy atom. The molecule has 2 aromatic rings. The normalized spacial score (nSPS) is 11.8. The summed E-state index contributed by atoms with van der Waals surface area (Å²) in [7, 11) is 0. The van der Waals surface area contributed by atoms with E-state index >= 15 is 0 Å². The summed E-state index contributed by atoms with van der Waals surface area (Å²) >= 11 is 0. The van der Waals surface area contributed by atoms with Gasteiger partial charge in [0.15, 0.2) is 0 Å². The van der Waals surface area contributed by atoms with Gasteiger partial charge in [0.25, 0.3) is 0 Å². The molecule has 0 aliphatic carbocycles. The Balaban J connectivity index is 2.60. The maximum Gasteiger partial charge on any atom is 0.418 e. The van der Waals surface area contributed by atoms with E-state index in [1.165, 1.54) is 29.2 Å². The van der Waals surface area contributed by atoms with E-state index in [9.17, 15) is 13.2 Å². The summed E-state index contributed by atoms with van der Waals surface area (Å²) in [6.07, 6.45) is -1.48. The van der Waals surface area contributed by atoms with Gasteiger partial charge < -0.3 is 5.11 Å². The van der Waals surface area contributed by atoms with Gasteiger partial charge in [0.05, 0.1) is 24.1 Å². The van der Waals surface area contributed by atoms with E-state index in [2.05, 4.69) is 5.10 Å². The number of aromatic nitrogens is 2. The van der Waals surface area contributed by atoms with E-state index in [0.717, 1.165) is 11.6 Å². The summed E-state index contributed by atoms with van der Waals surface area (Å²) in [5, 5.41) is 12.8. The Morgan fingerprint density at radius 1 is 1.33 bits per heavy atom. The molecule has 0 saturated heterocycles. The summed E-state index contributed by atoms with van der Waals surface area (Å²) in [5.74, 6) is 0. The highest BCUT2D eigenvalue weighted by molar-refractivity contribution is 5.45. The van der Waals surface area contributed by atoms with E-state index < -0.39 is 18.3 Å². The summed E-state index contributed by atoms with van der Waals surface area (Å²) in [4.78, 5) is 0. The first-order valence-corrected chi connectivity index (χ1v) is 5.24. The van der Waals surface area contributed by atoms with Crippen LogP contribution in [0.3, 0.4) is 0 Å². The third kappa shape index (κ3) is 2.38. The Labute approximate surface area is 101 Å². The average molecular weight is 256 g/mol. The summed E-state index contributed by atoms with van der Waals surface area (Å²) in [6, 6.07) is 3.69. The van der Waals surface area contributed by atoms with Crippen molar-refractivity contribution in [1.82, 2.24) is 9.78 Å². The number of hydrogen-bond acceptors (Lipinski definition) is 2. The molecular formula is C12H11F3N2O. The van der Waals surface area contributed by atoms with Gasteiger partial charge in [-0.2, -0.15) is 18.3 Å². The third-order valence-corrected chi connectivity index (χ3v) is 2.51. The van der Waals surface area contributed by atoms with Crippen LogP contribution in [0.25, 0.3) is 5.69 Å². The predicted molar refractivity (Wildman–Crippen MR) is 59.2 cm³/mol. The largest absolute Gasteiger partial charge is 0.418 e. The second-order valence-electron chi connectivity index (χ2n) is 3.97. The molecule has 96 valence electrons. The monoisotopic (exact) mass is 256 g/mol. The van der Waals surface area contributed by atoms with Crippen molar-refractivity contribution in [2.45, 2.75) is 19.7 Å². The minimum atomic E-state index is -4.49. The molecule has 0 fully saturated rings. The quantitative estimate of drug-likeness (QED) is 0.897. The van der Waals surface area contributed by atoms with Gasteiger partial charge in [0, 0.05) is 6.20 Å². The maximum atomic E-state index is 12.9. The molecule has 0 spiro atoms. The van der Waals surface area contributed by atoms with Gasteiger partial charge in [-0.3, -0.25) is 0 Å². The van der Waals surface area contributed by atoms with Gasteiger partial charge >= 0.3 is 6.18 Å². The lowest BCUT2D eigenvalue weighted by molar-refractivity contribution is -0.137. The van der Waals surface area contributed by atoms with Crippen molar-refractivity contribution in [2.24, 2.45) is 0 Å². The molecule has 6 heteroatoms. The minimum Gasteiger partial charge on any atom is -0.392 e. The fourth-order valence-corrected chi connectivity index (χ4v) is 1.65. The third-order valence-electron chi connectivity index (χ3n) is 2.51. The predicted octanol–water partition coefficient (Wildman–Crippen LogP) is 2.69. The summed E-state index contributed by atoms with van der Waals surface area (Å²) in [6.45, 7) is 1.32. The molecule has 1 aromatic heterocycles. The van der Waals surface area contributed by atoms with Crippen LogP contribution in [-0.2, 0) is 12.8 Å². The zero-order valence-electron chi connectivity index (χ0n) is 9.57. The van der Waals surface area contributed by atoms with Crippen molar-refractivity contribution in [3.63, 3.8) is 0 Å². The van der Waals surface area contributed by atoms with Gasteiger partial charge in [0.1, 0.15) is 0 Å². The van der Waals surface area contributed by atoms with Crippen molar-refractivity contribution >= 4 is 0 Å². The van der Waals surface area contributed by atoms with Gasteiger partial charge in [-0.15, -0.1) is 0 Å². The Morgan fingerprint density at radius 2 is 2.06 bits per heavy atom. The standard InChI is InChI=1S/C12H11F3N2O/c1-8-5-16-17(6-8)11-3-2-9(7-18)4-10(11)12(13,14)15/h2-6,18H,7H2,1H3. The second kappa shape index (κ2) is 4.45. The van der Waals surface area contributed by atoms with Crippen LogP contribution in [0, 0.1) is 6.92 Å².